The molecule has 0 bridgehead atoms. The third kappa shape index (κ3) is 4.89. The van der Waals surface area contributed by atoms with Gasteiger partial charge in [-0.3, -0.25) is 0 Å². The molecule has 1 aliphatic heterocycles. The van der Waals surface area contributed by atoms with Crippen molar-refractivity contribution >= 4 is 0 Å². The van der Waals surface area contributed by atoms with E-state index in [4.69, 9.17) is 9.47 Å². The summed E-state index contributed by atoms with van der Waals surface area (Å²) in [5.41, 5.74) is 0.979. The largest absolute Gasteiger partial charge is 0.350 e. The molecule has 2 nitrogen and oxygen atoms in total. The van der Waals surface area contributed by atoms with E-state index in [1.807, 2.05) is 0 Å². The summed E-state index contributed by atoms with van der Waals surface area (Å²) in [5.74, 6) is 1.49. The summed E-state index contributed by atoms with van der Waals surface area (Å²) in [7, 11) is 0. The lowest BCUT2D eigenvalue weighted by Crippen LogP contribution is -2.26. The molecule has 1 aromatic rings. The Morgan fingerprint density at radius 1 is 0.741 bits per heavy atom. The molecule has 3 fully saturated rings. The predicted molar refractivity (Wildman–Crippen MR) is 101 cm³/mol. The van der Waals surface area contributed by atoms with E-state index in [1.165, 1.54) is 57.1 Å². The van der Waals surface area contributed by atoms with Crippen LogP contribution in [0.1, 0.15) is 75.7 Å². The first-order valence-electron chi connectivity index (χ1n) is 10.9. The van der Waals surface area contributed by atoms with E-state index in [0.717, 1.165) is 55.8 Å². The number of halogens is 2. The molecule has 27 heavy (non-hydrogen) atoms. The maximum absolute atomic E-state index is 13.5. The molecule has 0 N–H and O–H groups in total. The molecule has 3 aliphatic rings. The lowest BCUT2D eigenvalue weighted by atomic mass is 9.68. The molecule has 1 heterocycles. The van der Waals surface area contributed by atoms with E-state index in [1.54, 1.807) is 6.07 Å². The molecule has 2 aliphatic carbocycles. The first kappa shape index (κ1) is 19.3. The molecule has 0 radical (unpaired) electrons. The van der Waals surface area contributed by atoms with Crippen molar-refractivity contribution in [2.24, 2.45) is 17.8 Å². The van der Waals surface area contributed by atoms with Gasteiger partial charge in [-0.2, -0.15) is 0 Å². The Hall–Kier alpha value is -1.00. The SMILES string of the molecule is Fc1ccc([C@H]2CC[C@H]([C@H]3CC[C@H](CCC4OCCO4)CC3)CC2)cc1F. The molecule has 4 rings (SSSR count). The molecule has 4 heteroatoms. The highest BCUT2D eigenvalue weighted by atomic mass is 19.2. The third-order valence-electron chi connectivity index (χ3n) is 7.25. The molecular formula is C23H32F2O2. The summed E-state index contributed by atoms with van der Waals surface area (Å²) in [5, 5.41) is 0. The van der Waals surface area contributed by atoms with Crippen molar-refractivity contribution < 1.29 is 18.3 Å². The summed E-state index contributed by atoms with van der Waals surface area (Å²) < 4.78 is 37.8. The standard InChI is InChI=1S/C23H32F2O2/c24-21-11-10-20(15-22(21)25)19-8-6-18(7-9-19)17-4-1-16(2-5-17)3-12-23-26-13-14-27-23/h10-11,15-19,23H,1-9,12-14H2/t16-,17-,18-,19-. The first-order chi connectivity index (χ1) is 13.2. The fourth-order valence-corrected chi connectivity index (χ4v) is 5.58. The summed E-state index contributed by atoms with van der Waals surface area (Å²) in [6.45, 7) is 1.51. The molecule has 0 atom stereocenters. The van der Waals surface area contributed by atoms with Crippen LogP contribution in [0, 0.1) is 29.4 Å². The Kier molecular flexibility index (Phi) is 6.44. The second-order valence-electron chi connectivity index (χ2n) is 8.81. The molecular weight excluding hydrogens is 346 g/mol. The van der Waals surface area contributed by atoms with Gasteiger partial charge in [-0.15, -0.1) is 0 Å². The monoisotopic (exact) mass is 378 g/mol. The van der Waals surface area contributed by atoms with E-state index in [0.29, 0.717) is 5.92 Å². The number of hydrogen-bond acceptors (Lipinski definition) is 2. The molecule has 150 valence electrons. The molecule has 0 aromatic heterocycles. The summed E-state index contributed by atoms with van der Waals surface area (Å²) in [6.07, 6.45) is 12.5. The van der Waals surface area contributed by atoms with Crippen LogP contribution in [0.3, 0.4) is 0 Å². The van der Waals surface area contributed by atoms with Gasteiger partial charge in [0.25, 0.3) is 0 Å². The Bertz CT molecular complexity index is 598. The minimum atomic E-state index is -0.741. The van der Waals surface area contributed by atoms with Gasteiger partial charge in [0.05, 0.1) is 13.2 Å². The van der Waals surface area contributed by atoms with Crippen LogP contribution in [0.4, 0.5) is 8.78 Å². The topological polar surface area (TPSA) is 18.5 Å². The van der Waals surface area contributed by atoms with Gasteiger partial charge in [0.2, 0.25) is 0 Å². The van der Waals surface area contributed by atoms with Gasteiger partial charge in [0.1, 0.15) is 0 Å². The molecule has 1 saturated heterocycles. The van der Waals surface area contributed by atoms with Gasteiger partial charge in [-0.25, -0.2) is 8.78 Å². The van der Waals surface area contributed by atoms with Crippen LogP contribution in [0.2, 0.25) is 0 Å². The van der Waals surface area contributed by atoms with Gasteiger partial charge < -0.3 is 9.47 Å². The maximum atomic E-state index is 13.5. The first-order valence-corrected chi connectivity index (χ1v) is 10.9. The number of rotatable bonds is 5. The second kappa shape index (κ2) is 9.00. The van der Waals surface area contributed by atoms with E-state index in [-0.39, 0.29) is 6.29 Å². The van der Waals surface area contributed by atoms with Crippen LogP contribution >= 0.6 is 0 Å². The number of benzene rings is 1. The zero-order valence-electron chi connectivity index (χ0n) is 16.2. The molecule has 0 amide bonds. The van der Waals surface area contributed by atoms with Crippen molar-refractivity contribution in [3.8, 4) is 0 Å². The highest BCUT2D eigenvalue weighted by molar-refractivity contribution is 5.22. The van der Waals surface area contributed by atoms with Crippen LogP contribution in [0.5, 0.6) is 0 Å². The Labute approximate surface area is 161 Å². The Morgan fingerprint density at radius 2 is 1.37 bits per heavy atom. The highest BCUT2D eigenvalue weighted by Gasteiger charge is 2.31. The fourth-order valence-electron chi connectivity index (χ4n) is 5.58. The smallest absolute Gasteiger partial charge is 0.159 e. The van der Waals surface area contributed by atoms with Crippen molar-refractivity contribution in [3.63, 3.8) is 0 Å². The normalized spacial score (nSPS) is 32.7. The van der Waals surface area contributed by atoms with Gasteiger partial charge in [0.15, 0.2) is 17.9 Å². The minimum absolute atomic E-state index is 0.0503. The van der Waals surface area contributed by atoms with Crippen LogP contribution in [0.25, 0.3) is 0 Å². The van der Waals surface area contributed by atoms with Crippen LogP contribution in [-0.4, -0.2) is 19.5 Å². The van der Waals surface area contributed by atoms with E-state index < -0.39 is 11.6 Å². The molecule has 1 aromatic carbocycles. The lowest BCUT2D eigenvalue weighted by Gasteiger charge is -2.38. The highest BCUT2D eigenvalue weighted by Crippen LogP contribution is 2.44. The van der Waals surface area contributed by atoms with Crippen LogP contribution in [-0.2, 0) is 9.47 Å². The minimum Gasteiger partial charge on any atom is -0.350 e. The fraction of sp³-hybridized carbons (Fsp3) is 0.739. The van der Waals surface area contributed by atoms with Crippen molar-refractivity contribution in [2.45, 2.75) is 76.4 Å². The van der Waals surface area contributed by atoms with Crippen LogP contribution < -0.4 is 0 Å². The molecule has 0 spiro atoms. The third-order valence-corrected chi connectivity index (χ3v) is 7.25. The lowest BCUT2D eigenvalue weighted by molar-refractivity contribution is -0.0514. The average molecular weight is 379 g/mol. The van der Waals surface area contributed by atoms with E-state index in [2.05, 4.69) is 0 Å². The molecule has 2 saturated carbocycles. The predicted octanol–water partition coefficient (Wildman–Crippen LogP) is 6.20. The van der Waals surface area contributed by atoms with Gasteiger partial charge >= 0.3 is 0 Å². The van der Waals surface area contributed by atoms with E-state index >= 15 is 0 Å². The zero-order valence-corrected chi connectivity index (χ0v) is 16.2. The quantitative estimate of drug-likeness (QED) is 0.607. The van der Waals surface area contributed by atoms with Crippen molar-refractivity contribution in [1.82, 2.24) is 0 Å². The van der Waals surface area contributed by atoms with Gasteiger partial charge in [0, 0.05) is 0 Å². The van der Waals surface area contributed by atoms with Gasteiger partial charge in [-0.1, -0.05) is 18.9 Å². The second-order valence-corrected chi connectivity index (χ2v) is 8.81. The Morgan fingerprint density at radius 3 is 2.00 bits per heavy atom. The maximum Gasteiger partial charge on any atom is 0.159 e. The average Bonchev–Trinajstić information content (AvgIpc) is 3.23. The number of hydrogen-bond donors (Lipinski definition) is 0. The molecule has 0 unspecified atom stereocenters. The Balaban J connectivity index is 1.19. The van der Waals surface area contributed by atoms with Crippen molar-refractivity contribution in [3.05, 3.63) is 35.4 Å². The van der Waals surface area contributed by atoms with Crippen molar-refractivity contribution in [2.75, 3.05) is 13.2 Å². The van der Waals surface area contributed by atoms with Crippen molar-refractivity contribution in [1.29, 1.82) is 0 Å². The van der Waals surface area contributed by atoms with Crippen LogP contribution in [0.15, 0.2) is 18.2 Å². The zero-order chi connectivity index (χ0) is 18.6. The number of ether oxygens (including phenoxy) is 2. The summed E-state index contributed by atoms with van der Waals surface area (Å²) in [6, 6.07) is 4.45. The summed E-state index contributed by atoms with van der Waals surface area (Å²) in [4.78, 5) is 0. The summed E-state index contributed by atoms with van der Waals surface area (Å²) >= 11 is 0. The van der Waals surface area contributed by atoms with E-state index in [9.17, 15) is 8.78 Å². The van der Waals surface area contributed by atoms with Gasteiger partial charge in [-0.05, 0) is 92.7 Å².